The zero-order valence-electron chi connectivity index (χ0n) is 19.4. The van der Waals surface area contributed by atoms with Gasteiger partial charge in [-0.15, -0.1) is 0 Å². The number of imidazole rings is 1. The van der Waals surface area contributed by atoms with Crippen molar-refractivity contribution in [1.82, 2.24) is 13.9 Å². The molecule has 0 bridgehead atoms. The molecule has 0 saturated carbocycles. The Kier molecular flexibility index (Phi) is 10.3. The molecule has 0 aliphatic rings. The number of nitrogens with zero attached hydrogens (tertiary/aromatic N) is 4. The number of benzene rings is 1. The Bertz CT molecular complexity index is 997. The molecule has 0 radical (unpaired) electrons. The molecule has 0 spiro atoms. The van der Waals surface area contributed by atoms with E-state index in [-0.39, 0.29) is 12.2 Å². The van der Waals surface area contributed by atoms with E-state index in [1.54, 1.807) is 36.7 Å². The molecule has 0 saturated heterocycles. The monoisotopic (exact) mass is 497 g/mol. The predicted molar refractivity (Wildman–Crippen MR) is 127 cm³/mol. The third-order valence-corrected chi connectivity index (χ3v) is 6.09. The van der Waals surface area contributed by atoms with Gasteiger partial charge in [0.2, 0.25) is 0 Å². The first-order valence-electron chi connectivity index (χ1n) is 10.8. The van der Waals surface area contributed by atoms with Gasteiger partial charge in [0.25, 0.3) is 5.91 Å². The number of hydrogen-bond acceptors (Lipinski definition) is 6. The maximum Gasteiger partial charge on any atom is 0.414 e. The van der Waals surface area contributed by atoms with Crippen LogP contribution in [-0.4, -0.2) is 54.8 Å². The van der Waals surface area contributed by atoms with Crippen LogP contribution in [0, 0.1) is 6.92 Å². The minimum Gasteiger partial charge on any atom is -0.755 e. The lowest BCUT2D eigenvalue weighted by molar-refractivity contribution is 0.0852. The number of aryl methyl sites for hydroxylation is 1. The largest absolute Gasteiger partial charge is 0.755 e. The number of carbonyl (C=O) groups excluding carboxylic acids is 2. The molecule has 2 rings (SSSR count). The average Bonchev–Trinajstić information content (AvgIpc) is 3.15. The van der Waals surface area contributed by atoms with E-state index >= 15 is 0 Å². The summed E-state index contributed by atoms with van der Waals surface area (Å²) in [7, 11) is 1.60. The van der Waals surface area contributed by atoms with E-state index < -0.39 is 23.3 Å². The number of rotatable bonds is 11. The Morgan fingerprint density at radius 3 is 2.58 bits per heavy atom. The summed E-state index contributed by atoms with van der Waals surface area (Å²) in [4.78, 5) is 30.4. The van der Waals surface area contributed by atoms with E-state index in [9.17, 15) is 18.4 Å². The van der Waals surface area contributed by atoms with Gasteiger partial charge in [-0.3, -0.25) is 18.2 Å². The van der Waals surface area contributed by atoms with Crippen molar-refractivity contribution in [2.24, 2.45) is 0 Å². The van der Waals surface area contributed by atoms with Crippen LogP contribution in [0.1, 0.15) is 61.4 Å². The molecular formula is C22H30ClN4O5S-. The van der Waals surface area contributed by atoms with Crippen LogP contribution in [0.2, 0.25) is 5.02 Å². The molecule has 11 heteroatoms. The maximum absolute atomic E-state index is 12.7. The van der Waals surface area contributed by atoms with Crippen LogP contribution in [-0.2, 0) is 22.5 Å². The van der Waals surface area contributed by atoms with E-state index in [0.717, 1.165) is 29.1 Å². The summed E-state index contributed by atoms with van der Waals surface area (Å²) in [6, 6.07) is 5.20. The fourth-order valence-corrected chi connectivity index (χ4v) is 3.84. The molecule has 1 heterocycles. The summed E-state index contributed by atoms with van der Waals surface area (Å²) in [6.45, 7) is 6.43. The lowest BCUT2D eigenvalue weighted by atomic mass is 10.2. The zero-order valence-corrected chi connectivity index (χ0v) is 20.9. The number of hydrogen-bond donors (Lipinski definition) is 0. The number of unbranched alkanes of at least 4 members (excludes halogenated alkanes) is 2. The van der Waals surface area contributed by atoms with Gasteiger partial charge in [-0.2, -0.15) is 0 Å². The van der Waals surface area contributed by atoms with Gasteiger partial charge in [0.05, 0.1) is 24.4 Å². The lowest BCUT2D eigenvalue weighted by Crippen LogP contribution is -2.33. The normalized spacial score (nSPS) is 11.8. The second kappa shape index (κ2) is 12.7. The van der Waals surface area contributed by atoms with Crippen molar-refractivity contribution in [1.29, 1.82) is 0 Å². The van der Waals surface area contributed by atoms with Crippen molar-refractivity contribution in [2.75, 3.05) is 25.1 Å². The number of amides is 2. The van der Waals surface area contributed by atoms with Crippen LogP contribution >= 0.6 is 11.6 Å². The molecule has 0 aliphatic heterocycles. The minimum atomic E-state index is -2.67. The van der Waals surface area contributed by atoms with Gasteiger partial charge in [-0.05, 0) is 37.5 Å². The van der Waals surface area contributed by atoms with Crippen LogP contribution in [0.3, 0.4) is 0 Å². The topological polar surface area (TPSA) is 108 Å². The number of halogens is 1. The van der Waals surface area contributed by atoms with E-state index in [1.807, 2.05) is 13.8 Å². The van der Waals surface area contributed by atoms with E-state index in [4.69, 9.17) is 16.3 Å². The summed E-state index contributed by atoms with van der Waals surface area (Å²) < 4.78 is 30.8. The van der Waals surface area contributed by atoms with Crippen molar-refractivity contribution in [3.63, 3.8) is 0 Å². The lowest BCUT2D eigenvalue weighted by Gasteiger charge is -2.23. The highest BCUT2D eigenvalue weighted by Crippen LogP contribution is 2.25. The van der Waals surface area contributed by atoms with Crippen LogP contribution in [0.15, 0.2) is 24.4 Å². The van der Waals surface area contributed by atoms with Crippen LogP contribution < -0.4 is 4.90 Å². The van der Waals surface area contributed by atoms with Gasteiger partial charge < -0.3 is 13.9 Å². The fourth-order valence-electron chi connectivity index (χ4n) is 3.10. The summed E-state index contributed by atoms with van der Waals surface area (Å²) in [5.41, 5.74) is 1.39. The maximum atomic E-state index is 12.7. The fraction of sp³-hybridized carbons (Fsp3) is 0.500. The summed E-state index contributed by atoms with van der Waals surface area (Å²) in [6.07, 6.45) is 4.13. The molecule has 1 unspecified atom stereocenters. The van der Waals surface area contributed by atoms with Crippen molar-refractivity contribution in [2.45, 2.75) is 53.0 Å². The molecule has 33 heavy (non-hydrogen) atoms. The first-order chi connectivity index (χ1) is 15.7. The van der Waals surface area contributed by atoms with E-state index in [0.29, 0.717) is 36.1 Å². The predicted octanol–water partition coefficient (Wildman–Crippen LogP) is 4.30. The zero-order chi connectivity index (χ0) is 24.5. The number of ether oxygens (including phenoxy) is 1. The molecule has 182 valence electrons. The second-order valence-electron chi connectivity index (χ2n) is 7.58. The summed E-state index contributed by atoms with van der Waals surface area (Å²) in [5.74, 6) is -0.112. The number of anilines is 1. The number of aromatic nitrogens is 2. The third-order valence-electron chi connectivity index (χ3n) is 5.03. The summed E-state index contributed by atoms with van der Waals surface area (Å²) in [5, 5.41) is 0.436. The molecule has 0 N–H and O–H groups in total. The van der Waals surface area contributed by atoms with Crippen LogP contribution in [0.5, 0.6) is 0 Å². The molecule has 1 atom stereocenters. The SMILES string of the molecule is CCCCCN(C(=O)c1cn(Cc2ccc(N(C)C(=O)OCCC)cc2Cl)c(C)n1)S(=O)[O-]. The third kappa shape index (κ3) is 7.28. The quantitative estimate of drug-likeness (QED) is 0.338. The van der Waals surface area contributed by atoms with E-state index in [1.165, 1.54) is 11.1 Å². The molecule has 1 aromatic heterocycles. The molecule has 1 aromatic carbocycles. The summed E-state index contributed by atoms with van der Waals surface area (Å²) >= 11 is 3.78. The number of carbonyl (C=O) groups is 2. The Morgan fingerprint density at radius 2 is 1.97 bits per heavy atom. The molecule has 2 amide bonds. The Balaban J connectivity index is 2.16. The highest BCUT2D eigenvalue weighted by molar-refractivity contribution is 7.77. The van der Waals surface area contributed by atoms with Gasteiger partial charge >= 0.3 is 6.09 Å². The highest BCUT2D eigenvalue weighted by Gasteiger charge is 2.21. The Hall–Kier alpha value is -2.43. The Morgan fingerprint density at radius 1 is 1.24 bits per heavy atom. The van der Waals surface area contributed by atoms with Crippen LogP contribution in [0.25, 0.3) is 0 Å². The van der Waals surface area contributed by atoms with Crippen molar-refractivity contribution >= 4 is 40.6 Å². The van der Waals surface area contributed by atoms with Gasteiger partial charge in [-0.1, -0.05) is 44.4 Å². The molecule has 2 aromatic rings. The molecule has 0 aliphatic carbocycles. The Labute approximate surface area is 202 Å². The van der Waals surface area contributed by atoms with Gasteiger partial charge in [-0.25, -0.2) is 9.78 Å². The standard InChI is InChI=1S/C22H31ClN4O5S/c1-5-7-8-11-27(33(30)31)21(28)20-15-26(16(3)24-20)14-17-9-10-18(13-19(17)23)25(4)22(29)32-12-6-2/h9-10,13,15H,5-8,11-12,14H2,1-4H3,(H,30,31)/p-1. The first kappa shape index (κ1) is 26.8. The minimum absolute atomic E-state index is 0.0549. The van der Waals surface area contributed by atoms with Gasteiger partial charge in [0, 0.05) is 30.5 Å². The van der Waals surface area contributed by atoms with Crippen molar-refractivity contribution in [3.8, 4) is 0 Å². The van der Waals surface area contributed by atoms with E-state index in [2.05, 4.69) is 4.98 Å². The average molecular weight is 498 g/mol. The highest BCUT2D eigenvalue weighted by atomic mass is 35.5. The second-order valence-corrected chi connectivity index (χ2v) is 8.86. The molecule has 0 fully saturated rings. The molecular weight excluding hydrogens is 468 g/mol. The van der Waals surface area contributed by atoms with Crippen molar-refractivity contribution < 1.29 is 23.1 Å². The molecule has 9 nitrogen and oxygen atoms in total. The van der Waals surface area contributed by atoms with Gasteiger partial charge in [0.1, 0.15) is 11.5 Å². The smallest absolute Gasteiger partial charge is 0.414 e. The van der Waals surface area contributed by atoms with Crippen LogP contribution in [0.4, 0.5) is 10.5 Å². The van der Waals surface area contributed by atoms with Crippen molar-refractivity contribution in [3.05, 3.63) is 46.5 Å². The van der Waals surface area contributed by atoms with Gasteiger partial charge in [0.15, 0.2) is 0 Å². The first-order valence-corrected chi connectivity index (χ1v) is 12.2.